The van der Waals surface area contributed by atoms with Gasteiger partial charge in [0, 0.05) is 44.0 Å². The van der Waals surface area contributed by atoms with E-state index >= 15 is 0 Å². The molecule has 1 aromatic carbocycles. The summed E-state index contributed by atoms with van der Waals surface area (Å²) in [5.41, 5.74) is 3.52. The highest BCUT2D eigenvalue weighted by atomic mass is 32.2. The van der Waals surface area contributed by atoms with Crippen molar-refractivity contribution in [2.75, 3.05) is 38.2 Å². The molecule has 5 rings (SSSR count). The Morgan fingerprint density at radius 3 is 2.76 bits per heavy atom. The second-order valence-corrected chi connectivity index (χ2v) is 8.80. The molecule has 0 amide bonds. The first-order valence-corrected chi connectivity index (χ1v) is 12.2. The first-order valence-electron chi connectivity index (χ1n) is 11.1. The molecule has 1 saturated heterocycles. The van der Waals surface area contributed by atoms with E-state index in [0.29, 0.717) is 11.8 Å². The zero-order valence-electron chi connectivity index (χ0n) is 18.5. The zero-order chi connectivity index (χ0) is 23.3. The lowest BCUT2D eigenvalue weighted by Crippen LogP contribution is -2.38. The summed E-state index contributed by atoms with van der Waals surface area (Å²) < 4.78 is 33.2. The van der Waals surface area contributed by atoms with Crippen LogP contribution in [-0.4, -0.2) is 70.5 Å². The number of fused-ring (bicyclic) bond motifs is 1. The van der Waals surface area contributed by atoms with E-state index in [2.05, 4.69) is 30.1 Å². The minimum absolute atomic E-state index is 0.242. The number of hydrogen-bond donors (Lipinski definition) is 3. The fourth-order valence-electron chi connectivity index (χ4n) is 3.91. The van der Waals surface area contributed by atoms with Crippen LogP contribution < -0.4 is 10.0 Å². The molecule has 178 valence electrons. The molecule has 0 aliphatic carbocycles. The van der Waals surface area contributed by atoms with E-state index < -0.39 is 10.9 Å². The van der Waals surface area contributed by atoms with Crippen LogP contribution in [0.4, 0.5) is 11.8 Å². The van der Waals surface area contributed by atoms with Crippen molar-refractivity contribution in [1.82, 2.24) is 34.0 Å². The van der Waals surface area contributed by atoms with E-state index in [0.717, 1.165) is 61.7 Å². The molecule has 0 saturated carbocycles. The lowest BCUT2D eigenvalue weighted by atomic mass is 10.1. The summed E-state index contributed by atoms with van der Waals surface area (Å²) in [6.45, 7) is 5.46. The van der Waals surface area contributed by atoms with Crippen LogP contribution in [0.5, 0.6) is 0 Å². The third-order valence-electron chi connectivity index (χ3n) is 5.66. The number of rotatable bonds is 9. The Hall–Kier alpha value is -3.32. The van der Waals surface area contributed by atoms with E-state index in [1.54, 1.807) is 6.20 Å². The van der Waals surface area contributed by atoms with Crippen LogP contribution in [0.2, 0.25) is 0 Å². The Labute approximate surface area is 198 Å². The van der Waals surface area contributed by atoms with Crippen molar-refractivity contribution in [3.63, 3.8) is 0 Å². The minimum Gasteiger partial charge on any atom is -0.379 e. The van der Waals surface area contributed by atoms with Gasteiger partial charge in [-0.15, -0.1) is 5.10 Å². The van der Waals surface area contributed by atoms with Gasteiger partial charge in [0.2, 0.25) is 16.8 Å². The molecule has 11 nitrogen and oxygen atoms in total. The number of nitrogens with zero attached hydrogens (tertiary/aromatic N) is 6. The standard InChI is InChI=1S/C22H26N8O3S/c31-34(32)24-15-17-2-1-3-18(14-17)20-5-4-19-16-23-22(27-30(19)20)25-21-6-7-29(26-21)9-8-28-10-12-33-13-11-28/h1-7,14,16,34H,8-13,15H2,(H,24,31,32)(H,25,26,27). The molecule has 1 aliphatic rings. The number of nitrogens with one attached hydrogen (secondary N) is 2. The third-order valence-corrected chi connectivity index (χ3v) is 6.08. The molecule has 34 heavy (non-hydrogen) atoms. The number of aromatic nitrogens is 5. The van der Waals surface area contributed by atoms with Gasteiger partial charge < -0.3 is 10.1 Å². The van der Waals surface area contributed by atoms with Gasteiger partial charge in [-0.05, 0) is 23.8 Å². The molecular weight excluding hydrogens is 456 g/mol. The summed E-state index contributed by atoms with van der Waals surface area (Å²) in [5, 5.41) is 12.4. The van der Waals surface area contributed by atoms with Crippen molar-refractivity contribution < 1.29 is 13.2 Å². The molecular formula is C22H26N8O3S. The second-order valence-electron chi connectivity index (χ2n) is 7.97. The zero-order valence-corrected chi connectivity index (χ0v) is 19.4. The van der Waals surface area contributed by atoms with E-state index in [-0.39, 0.29) is 6.54 Å². The van der Waals surface area contributed by atoms with Crippen molar-refractivity contribution in [3.8, 4) is 11.3 Å². The van der Waals surface area contributed by atoms with E-state index in [1.807, 2.05) is 57.9 Å². The fourth-order valence-corrected chi connectivity index (χ4v) is 4.22. The van der Waals surface area contributed by atoms with Crippen LogP contribution in [-0.2, 0) is 28.7 Å². The topological polar surface area (TPSA) is 119 Å². The normalized spacial score (nSPS) is 14.7. The van der Waals surface area contributed by atoms with Crippen LogP contribution in [0.3, 0.4) is 0 Å². The van der Waals surface area contributed by atoms with Crippen molar-refractivity contribution in [3.05, 3.63) is 60.4 Å². The fraction of sp³-hybridized carbons (Fsp3) is 0.318. The largest absolute Gasteiger partial charge is 0.379 e. The molecule has 0 atom stereocenters. The Bertz CT molecular complexity index is 1330. The summed E-state index contributed by atoms with van der Waals surface area (Å²) in [6.07, 6.45) is 3.69. The molecule has 0 spiro atoms. The molecule has 12 heteroatoms. The molecule has 0 radical (unpaired) electrons. The maximum absolute atomic E-state index is 10.8. The third kappa shape index (κ3) is 5.42. The number of ether oxygens (including phenoxy) is 1. The first kappa shape index (κ1) is 22.5. The number of morpholine rings is 1. The Morgan fingerprint density at radius 2 is 1.91 bits per heavy atom. The lowest BCUT2D eigenvalue weighted by molar-refractivity contribution is 0.0360. The highest BCUT2D eigenvalue weighted by molar-refractivity contribution is 7.70. The van der Waals surface area contributed by atoms with Crippen LogP contribution in [0.25, 0.3) is 16.8 Å². The maximum Gasteiger partial charge on any atom is 0.246 e. The van der Waals surface area contributed by atoms with Crippen molar-refractivity contribution in [2.24, 2.45) is 0 Å². The quantitative estimate of drug-likeness (QED) is 0.306. The van der Waals surface area contributed by atoms with Gasteiger partial charge in [-0.3, -0.25) is 9.58 Å². The lowest BCUT2D eigenvalue weighted by Gasteiger charge is -2.26. The maximum atomic E-state index is 10.8. The molecule has 4 aromatic rings. The SMILES string of the molecule is O=[SH](=O)NCc1cccc(-c2ccc3cnc(Nc4ccn(CCN5CCOCC5)n4)nn23)c1. The van der Waals surface area contributed by atoms with Crippen molar-refractivity contribution in [2.45, 2.75) is 13.1 Å². The van der Waals surface area contributed by atoms with Gasteiger partial charge >= 0.3 is 0 Å². The van der Waals surface area contributed by atoms with Crippen LogP contribution >= 0.6 is 0 Å². The smallest absolute Gasteiger partial charge is 0.246 e. The van der Waals surface area contributed by atoms with Crippen molar-refractivity contribution >= 4 is 28.2 Å². The second kappa shape index (κ2) is 10.3. The van der Waals surface area contributed by atoms with Gasteiger partial charge in [0.05, 0.1) is 37.2 Å². The van der Waals surface area contributed by atoms with Gasteiger partial charge in [-0.2, -0.15) is 5.10 Å². The molecule has 0 unspecified atom stereocenters. The highest BCUT2D eigenvalue weighted by Crippen LogP contribution is 2.23. The molecule has 3 aromatic heterocycles. The Balaban J connectivity index is 1.30. The van der Waals surface area contributed by atoms with E-state index in [1.165, 1.54) is 0 Å². The minimum atomic E-state index is -2.64. The predicted octanol–water partition coefficient (Wildman–Crippen LogP) is 1.28. The van der Waals surface area contributed by atoms with Gasteiger partial charge in [0.15, 0.2) is 5.82 Å². The number of anilines is 2. The Morgan fingerprint density at radius 1 is 1.03 bits per heavy atom. The highest BCUT2D eigenvalue weighted by Gasteiger charge is 2.12. The number of benzene rings is 1. The molecule has 2 N–H and O–H groups in total. The van der Waals surface area contributed by atoms with Crippen LogP contribution in [0, 0.1) is 0 Å². The van der Waals surface area contributed by atoms with Gasteiger partial charge in [-0.25, -0.2) is 22.6 Å². The molecule has 1 aliphatic heterocycles. The monoisotopic (exact) mass is 482 g/mol. The number of thiol groups is 1. The summed E-state index contributed by atoms with van der Waals surface area (Å²) in [7, 11) is -2.64. The summed E-state index contributed by atoms with van der Waals surface area (Å²) in [4.78, 5) is 6.78. The average Bonchev–Trinajstić information content (AvgIpc) is 3.49. The van der Waals surface area contributed by atoms with Crippen LogP contribution in [0.1, 0.15) is 5.56 Å². The van der Waals surface area contributed by atoms with Crippen molar-refractivity contribution in [1.29, 1.82) is 0 Å². The Kier molecular flexibility index (Phi) is 6.81. The summed E-state index contributed by atoms with van der Waals surface area (Å²) in [6, 6.07) is 13.5. The first-order chi connectivity index (χ1) is 16.6. The molecule has 4 heterocycles. The number of hydrogen-bond acceptors (Lipinski definition) is 8. The van der Waals surface area contributed by atoms with E-state index in [4.69, 9.17) is 4.74 Å². The predicted molar refractivity (Wildman–Crippen MR) is 128 cm³/mol. The van der Waals surface area contributed by atoms with E-state index in [9.17, 15) is 8.42 Å². The van der Waals surface area contributed by atoms with Crippen LogP contribution in [0.15, 0.2) is 54.9 Å². The average molecular weight is 483 g/mol. The molecule has 1 fully saturated rings. The van der Waals surface area contributed by atoms with Gasteiger partial charge in [-0.1, -0.05) is 18.2 Å². The summed E-state index contributed by atoms with van der Waals surface area (Å²) in [5.74, 6) is 1.11. The van der Waals surface area contributed by atoms with Gasteiger partial charge in [0.25, 0.3) is 0 Å². The van der Waals surface area contributed by atoms with Gasteiger partial charge in [0.1, 0.15) is 0 Å². The molecule has 0 bridgehead atoms. The summed E-state index contributed by atoms with van der Waals surface area (Å²) >= 11 is 0.